The van der Waals surface area contributed by atoms with Gasteiger partial charge < -0.3 is 19.7 Å². The van der Waals surface area contributed by atoms with Crippen molar-refractivity contribution in [3.8, 4) is 11.5 Å². The molecular formula is C19H28N2O3. The van der Waals surface area contributed by atoms with Crippen molar-refractivity contribution in [3.63, 3.8) is 0 Å². The number of hydrogen-bond donors (Lipinski definition) is 1. The van der Waals surface area contributed by atoms with E-state index in [1.165, 1.54) is 19.3 Å². The molecular weight excluding hydrogens is 304 g/mol. The molecule has 1 heterocycles. The molecule has 0 saturated heterocycles. The number of carbonyl (C=O) groups is 1. The summed E-state index contributed by atoms with van der Waals surface area (Å²) < 4.78 is 10.9. The zero-order valence-electron chi connectivity index (χ0n) is 14.7. The summed E-state index contributed by atoms with van der Waals surface area (Å²) in [4.78, 5) is 15.1. The Kier molecular flexibility index (Phi) is 5.61. The Balaban J connectivity index is 1.77. The standard InChI is InChI=1S/C19H28N2O3/c1-14(11-20-2)19(22)21(16-6-4-3-5-7-16)12-15-8-9-17-18(10-15)24-13-23-17/h8-10,14,16,20H,3-7,11-13H2,1-2H3. The summed E-state index contributed by atoms with van der Waals surface area (Å²) in [6.07, 6.45) is 5.95. The van der Waals surface area contributed by atoms with Gasteiger partial charge in [-0.3, -0.25) is 4.79 Å². The maximum Gasteiger partial charge on any atom is 0.231 e. The Labute approximate surface area is 144 Å². The fourth-order valence-corrected chi connectivity index (χ4v) is 3.69. The van der Waals surface area contributed by atoms with Crippen LogP contribution in [-0.2, 0) is 11.3 Å². The molecule has 1 aromatic rings. The highest BCUT2D eigenvalue weighted by molar-refractivity contribution is 5.79. The summed E-state index contributed by atoms with van der Waals surface area (Å²) in [5.74, 6) is 1.81. The Morgan fingerprint density at radius 2 is 2.00 bits per heavy atom. The lowest BCUT2D eigenvalue weighted by Crippen LogP contribution is -2.45. The van der Waals surface area contributed by atoms with Crippen molar-refractivity contribution >= 4 is 5.91 Å². The SMILES string of the molecule is CNCC(C)C(=O)N(Cc1ccc2c(c1)OCO2)C1CCCCC1. The van der Waals surface area contributed by atoms with Crippen LogP contribution in [0.3, 0.4) is 0 Å². The Bertz CT molecular complexity index is 570. The third-order valence-corrected chi connectivity index (χ3v) is 5.02. The molecule has 0 radical (unpaired) electrons. The van der Waals surface area contributed by atoms with Gasteiger partial charge in [0.2, 0.25) is 12.7 Å². The molecule has 0 aromatic heterocycles. The molecule has 1 aliphatic heterocycles. The van der Waals surface area contributed by atoms with E-state index in [9.17, 15) is 4.79 Å². The van der Waals surface area contributed by atoms with Crippen LogP contribution in [0, 0.1) is 5.92 Å². The van der Waals surface area contributed by atoms with Crippen molar-refractivity contribution < 1.29 is 14.3 Å². The van der Waals surface area contributed by atoms with Crippen LogP contribution in [0.25, 0.3) is 0 Å². The monoisotopic (exact) mass is 332 g/mol. The fourth-order valence-electron chi connectivity index (χ4n) is 3.69. The maximum absolute atomic E-state index is 13.0. The summed E-state index contributed by atoms with van der Waals surface area (Å²) in [5.41, 5.74) is 1.11. The third-order valence-electron chi connectivity index (χ3n) is 5.02. The fraction of sp³-hybridized carbons (Fsp3) is 0.632. The molecule has 1 aromatic carbocycles. The van der Waals surface area contributed by atoms with E-state index in [2.05, 4.69) is 10.2 Å². The summed E-state index contributed by atoms with van der Waals surface area (Å²) >= 11 is 0. The highest BCUT2D eigenvalue weighted by Gasteiger charge is 2.28. The molecule has 1 amide bonds. The number of benzene rings is 1. The van der Waals surface area contributed by atoms with E-state index >= 15 is 0 Å². The third kappa shape index (κ3) is 3.83. The number of amides is 1. The van der Waals surface area contributed by atoms with E-state index in [1.807, 2.05) is 32.2 Å². The lowest BCUT2D eigenvalue weighted by molar-refractivity contribution is -0.138. The average Bonchev–Trinajstić information content (AvgIpc) is 3.08. The van der Waals surface area contributed by atoms with E-state index in [1.54, 1.807) is 0 Å². The first kappa shape index (κ1) is 17.1. The van der Waals surface area contributed by atoms with Crippen LogP contribution in [-0.4, -0.2) is 37.2 Å². The van der Waals surface area contributed by atoms with E-state index in [0.29, 0.717) is 19.1 Å². The van der Waals surface area contributed by atoms with E-state index in [0.717, 1.165) is 29.9 Å². The molecule has 1 atom stereocenters. The van der Waals surface area contributed by atoms with Gasteiger partial charge in [0.1, 0.15) is 0 Å². The Hall–Kier alpha value is -1.75. The highest BCUT2D eigenvalue weighted by atomic mass is 16.7. The molecule has 5 heteroatoms. The van der Waals surface area contributed by atoms with Gasteiger partial charge in [-0.15, -0.1) is 0 Å². The average molecular weight is 332 g/mol. The molecule has 2 aliphatic rings. The molecule has 0 bridgehead atoms. The lowest BCUT2D eigenvalue weighted by Gasteiger charge is -2.36. The number of rotatable bonds is 6. The second kappa shape index (κ2) is 7.88. The maximum atomic E-state index is 13.0. The van der Waals surface area contributed by atoms with Gasteiger partial charge >= 0.3 is 0 Å². The molecule has 132 valence electrons. The van der Waals surface area contributed by atoms with Gasteiger partial charge in [0.05, 0.1) is 0 Å². The molecule has 1 N–H and O–H groups in total. The molecule has 1 unspecified atom stereocenters. The smallest absolute Gasteiger partial charge is 0.231 e. The minimum absolute atomic E-state index is 0.00839. The van der Waals surface area contributed by atoms with Crippen LogP contribution in [0.2, 0.25) is 0 Å². The van der Waals surface area contributed by atoms with Crippen molar-refractivity contribution in [2.75, 3.05) is 20.4 Å². The minimum Gasteiger partial charge on any atom is -0.454 e. The van der Waals surface area contributed by atoms with Gasteiger partial charge in [-0.25, -0.2) is 0 Å². The number of fused-ring (bicyclic) bond motifs is 1. The van der Waals surface area contributed by atoms with Gasteiger partial charge in [0, 0.05) is 25.0 Å². The van der Waals surface area contributed by atoms with Crippen LogP contribution >= 0.6 is 0 Å². The van der Waals surface area contributed by atoms with Crippen LogP contribution in [0.5, 0.6) is 11.5 Å². The van der Waals surface area contributed by atoms with Crippen LogP contribution in [0.15, 0.2) is 18.2 Å². The van der Waals surface area contributed by atoms with Crippen molar-refractivity contribution in [3.05, 3.63) is 23.8 Å². The van der Waals surface area contributed by atoms with Crippen molar-refractivity contribution in [2.45, 2.75) is 51.6 Å². The predicted octanol–water partition coefficient (Wildman–Crippen LogP) is 2.93. The largest absolute Gasteiger partial charge is 0.454 e. The van der Waals surface area contributed by atoms with Gasteiger partial charge in [0.25, 0.3) is 0 Å². The molecule has 1 saturated carbocycles. The lowest BCUT2D eigenvalue weighted by atomic mass is 9.92. The van der Waals surface area contributed by atoms with Gasteiger partial charge in [0.15, 0.2) is 11.5 Å². The van der Waals surface area contributed by atoms with Crippen LogP contribution in [0.4, 0.5) is 0 Å². The van der Waals surface area contributed by atoms with E-state index < -0.39 is 0 Å². The normalized spacial score (nSPS) is 18.4. The molecule has 5 nitrogen and oxygen atoms in total. The first-order valence-corrected chi connectivity index (χ1v) is 9.02. The number of hydrogen-bond acceptors (Lipinski definition) is 4. The zero-order chi connectivity index (χ0) is 16.9. The first-order valence-electron chi connectivity index (χ1n) is 9.02. The van der Waals surface area contributed by atoms with Gasteiger partial charge in [-0.2, -0.15) is 0 Å². The van der Waals surface area contributed by atoms with E-state index in [4.69, 9.17) is 9.47 Å². The summed E-state index contributed by atoms with van der Waals surface area (Å²) in [6, 6.07) is 6.35. The minimum atomic E-state index is -0.00839. The van der Waals surface area contributed by atoms with E-state index in [-0.39, 0.29) is 18.6 Å². The second-order valence-corrected chi connectivity index (χ2v) is 6.90. The van der Waals surface area contributed by atoms with Crippen molar-refractivity contribution in [1.82, 2.24) is 10.2 Å². The molecule has 3 rings (SSSR count). The Morgan fingerprint density at radius 1 is 1.25 bits per heavy atom. The molecule has 0 spiro atoms. The zero-order valence-corrected chi connectivity index (χ0v) is 14.7. The predicted molar refractivity (Wildman–Crippen MR) is 93.1 cm³/mol. The number of ether oxygens (including phenoxy) is 2. The number of nitrogens with one attached hydrogen (secondary N) is 1. The highest BCUT2D eigenvalue weighted by Crippen LogP contribution is 2.33. The summed E-state index contributed by atoms with van der Waals surface area (Å²) in [7, 11) is 1.90. The topological polar surface area (TPSA) is 50.8 Å². The molecule has 1 aliphatic carbocycles. The number of nitrogens with zero attached hydrogens (tertiary/aromatic N) is 1. The van der Waals surface area contributed by atoms with Gasteiger partial charge in [-0.1, -0.05) is 32.3 Å². The first-order chi connectivity index (χ1) is 11.7. The van der Waals surface area contributed by atoms with Crippen LogP contribution < -0.4 is 14.8 Å². The van der Waals surface area contributed by atoms with Crippen molar-refractivity contribution in [1.29, 1.82) is 0 Å². The van der Waals surface area contributed by atoms with Crippen LogP contribution in [0.1, 0.15) is 44.6 Å². The van der Waals surface area contributed by atoms with Gasteiger partial charge in [-0.05, 0) is 37.6 Å². The second-order valence-electron chi connectivity index (χ2n) is 6.90. The molecule has 1 fully saturated rings. The van der Waals surface area contributed by atoms with Crippen molar-refractivity contribution in [2.24, 2.45) is 5.92 Å². The quantitative estimate of drug-likeness (QED) is 0.870. The number of carbonyl (C=O) groups excluding carboxylic acids is 1. The molecule has 24 heavy (non-hydrogen) atoms. The summed E-state index contributed by atoms with van der Waals surface area (Å²) in [6.45, 7) is 3.65. The summed E-state index contributed by atoms with van der Waals surface area (Å²) in [5, 5.41) is 3.12. The Morgan fingerprint density at radius 3 is 2.75 bits per heavy atom.